The van der Waals surface area contributed by atoms with Crippen LogP contribution in [0.3, 0.4) is 0 Å². The molecule has 2 saturated heterocycles. The van der Waals surface area contributed by atoms with Gasteiger partial charge in [-0.05, 0) is 25.2 Å². The van der Waals surface area contributed by atoms with Crippen molar-refractivity contribution in [3.05, 3.63) is 30.1 Å². The van der Waals surface area contributed by atoms with Crippen LogP contribution in [0, 0.1) is 5.92 Å². The molecule has 2 aliphatic heterocycles. The number of hydrogen-bond donors (Lipinski definition) is 0. The van der Waals surface area contributed by atoms with Gasteiger partial charge in [-0.2, -0.15) is 0 Å². The highest BCUT2D eigenvalue weighted by molar-refractivity contribution is 5.30. The van der Waals surface area contributed by atoms with Crippen LogP contribution in [0.4, 0.5) is 5.95 Å². The fourth-order valence-electron chi connectivity index (χ4n) is 4.13. The van der Waals surface area contributed by atoms with Crippen molar-refractivity contribution in [3.8, 4) is 0 Å². The largest absolute Gasteiger partial charge is 0.378 e. The van der Waals surface area contributed by atoms with E-state index in [9.17, 15) is 0 Å². The average molecular weight is 358 g/mol. The molecule has 0 aromatic carbocycles. The zero-order chi connectivity index (χ0) is 17.6. The number of nitrogens with zero attached hydrogens (tertiary/aromatic N) is 5. The first-order valence-electron chi connectivity index (χ1n) is 10.1. The summed E-state index contributed by atoms with van der Waals surface area (Å²) in [6, 6.07) is 0. The minimum atomic E-state index is 0.770. The summed E-state index contributed by atoms with van der Waals surface area (Å²) in [5.74, 6) is 1.70. The molecule has 1 aliphatic carbocycles. The Morgan fingerprint density at radius 3 is 2.35 bits per heavy atom. The van der Waals surface area contributed by atoms with Gasteiger partial charge in [0, 0.05) is 70.3 Å². The number of aromatic nitrogens is 2. The molecule has 0 amide bonds. The van der Waals surface area contributed by atoms with Crippen LogP contribution in [0.2, 0.25) is 0 Å². The lowest BCUT2D eigenvalue weighted by molar-refractivity contribution is 0.111. The number of hydrogen-bond acceptors (Lipinski definition) is 6. The van der Waals surface area contributed by atoms with E-state index in [1.54, 1.807) is 0 Å². The molecule has 0 bridgehead atoms. The lowest BCUT2D eigenvalue weighted by Gasteiger charge is -2.36. The number of morpholine rings is 1. The van der Waals surface area contributed by atoms with Crippen molar-refractivity contribution in [1.29, 1.82) is 0 Å². The quantitative estimate of drug-likeness (QED) is 0.749. The molecule has 0 spiro atoms. The molecular weight excluding hydrogens is 326 g/mol. The molecule has 1 atom stereocenters. The van der Waals surface area contributed by atoms with E-state index in [2.05, 4.69) is 36.8 Å². The van der Waals surface area contributed by atoms with Gasteiger partial charge in [0.2, 0.25) is 5.95 Å². The zero-order valence-corrected chi connectivity index (χ0v) is 15.7. The summed E-state index contributed by atoms with van der Waals surface area (Å²) in [6.07, 6.45) is 12.6. The Bertz CT molecular complexity index is 576. The van der Waals surface area contributed by atoms with Crippen LogP contribution >= 0.6 is 0 Å². The van der Waals surface area contributed by atoms with E-state index in [0.717, 1.165) is 57.8 Å². The zero-order valence-electron chi connectivity index (χ0n) is 15.7. The molecule has 3 heterocycles. The van der Waals surface area contributed by atoms with E-state index >= 15 is 0 Å². The van der Waals surface area contributed by atoms with Gasteiger partial charge in [0.1, 0.15) is 0 Å². The van der Waals surface area contributed by atoms with Crippen LogP contribution < -0.4 is 4.90 Å². The normalized spacial score (nSPS) is 25.5. The van der Waals surface area contributed by atoms with E-state index in [1.165, 1.54) is 44.5 Å². The molecule has 0 radical (unpaired) electrons. The predicted molar refractivity (Wildman–Crippen MR) is 103 cm³/mol. The van der Waals surface area contributed by atoms with Crippen molar-refractivity contribution in [3.63, 3.8) is 0 Å². The summed E-state index contributed by atoms with van der Waals surface area (Å²) in [5.41, 5.74) is 1.22. The van der Waals surface area contributed by atoms with Crippen LogP contribution in [-0.2, 0) is 11.3 Å². The number of rotatable bonds is 5. The lowest BCUT2D eigenvalue weighted by Crippen LogP contribution is -2.47. The number of allylic oxidation sites excluding steroid dienone is 2. The second-order valence-corrected chi connectivity index (χ2v) is 7.72. The van der Waals surface area contributed by atoms with Crippen LogP contribution in [0.1, 0.15) is 24.8 Å². The third kappa shape index (κ3) is 4.81. The van der Waals surface area contributed by atoms with Crippen molar-refractivity contribution in [1.82, 2.24) is 19.8 Å². The summed E-state index contributed by atoms with van der Waals surface area (Å²) in [4.78, 5) is 16.5. The first-order chi connectivity index (χ1) is 12.9. The molecule has 142 valence electrons. The van der Waals surface area contributed by atoms with Crippen LogP contribution in [0.5, 0.6) is 0 Å². The SMILES string of the molecule is C1=CCC(CN2CCN(Cc3cnc(N4CCOCC4)nc3)CC2)CC1. The van der Waals surface area contributed by atoms with Gasteiger partial charge in [-0.25, -0.2) is 9.97 Å². The summed E-state index contributed by atoms with van der Waals surface area (Å²) >= 11 is 0. The van der Waals surface area contributed by atoms with Crippen molar-refractivity contribution in [2.24, 2.45) is 5.92 Å². The fraction of sp³-hybridized carbons (Fsp3) is 0.700. The smallest absolute Gasteiger partial charge is 0.225 e. The lowest BCUT2D eigenvalue weighted by atomic mass is 9.94. The molecule has 6 heteroatoms. The van der Waals surface area contributed by atoms with Crippen LogP contribution in [-0.4, -0.2) is 78.8 Å². The van der Waals surface area contributed by atoms with Crippen molar-refractivity contribution in [2.45, 2.75) is 25.8 Å². The van der Waals surface area contributed by atoms with E-state index < -0.39 is 0 Å². The number of anilines is 1. The molecule has 0 N–H and O–H groups in total. The monoisotopic (exact) mass is 357 g/mol. The molecule has 1 unspecified atom stereocenters. The predicted octanol–water partition coefficient (Wildman–Crippen LogP) is 1.79. The third-order valence-corrected chi connectivity index (χ3v) is 5.75. The Hall–Kier alpha value is -1.50. The molecule has 1 aromatic heterocycles. The minimum absolute atomic E-state index is 0.770. The van der Waals surface area contributed by atoms with Crippen molar-refractivity contribution in [2.75, 3.05) is 63.9 Å². The van der Waals surface area contributed by atoms with Crippen molar-refractivity contribution < 1.29 is 4.74 Å². The van der Waals surface area contributed by atoms with E-state index in [1.807, 2.05) is 12.4 Å². The average Bonchev–Trinajstić information content (AvgIpc) is 2.72. The van der Waals surface area contributed by atoms with Crippen LogP contribution in [0.25, 0.3) is 0 Å². The van der Waals surface area contributed by atoms with Gasteiger partial charge in [-0.3, -0.25) is 4.90 Å². The molecule has 3 aliphatic rings. The Morgan fingerprint density at radius 2 is 1.65 bits per heavy atom. The van der Waals surface area contributed by atoms with Gasteiger partial charge >= 0.3 is 0 Å². The Labute approximate surface area is 156 Å². The standard InChI is InChI=1S/C20H31N5O/c1-2-4-18(5-3-1)16-23-6-8-24(9-7-23)17-19-14-21-20(22-15-19)25-10-12-26-13-11-25/h1-2,14-15,18H,3-13,16-17H2. The Morgan fingerprint density at radius 1 is 0.923 bits per heavy atom. The highest BCUT2D eigenvalue weighted by Crippen LogP contribution is 2.20. The topological polar surface area (TPSA) is 44.7 Å². The summed E-state index contributed by atoms with van der Waals surface area (Å²) < 4.78 is 5.39. The second kappa shape index (κ2) is 8.93. The molecule has 4 rings (SSSR count). The van der Waals surface area contributed by atoms with Gasteiger partial charge in [0.15, 0.2) is 0 Å². The number of piperazine rings is 1. The summed E-state index contributed by atoms with van der Waals surface area (Å²) in [7, 11) is 0. The summed E-state index contributed by atoms with van der Waals surface area (Å²) in [5, 5.41) is 0. The highest BCUT2D eigenvalue weighted by atomic mass is 16.5. The van der Waals surface area contributed by atoms with E-state index in [0.29, 0.717) is 0 Å². The first kappa shape index (κ1) is 17.9. The number of ether oxygens (including phenoxy) is 1. The van der Waals surface area contributed by atoms with Gasteiger partial charge in [-0.1, -0.05) is 12.2 Å². The van der Waals surface area contributed by atoms with Gasteiger partial charge in [-0.15, -0.1) is 0 Å². The molecule has 1 aromatic rings. The molecule has 6 nitrogen and oxygen atoms in total. The molecule has 2 fully saturated rings. The van der Waals surface area contributed by atoms with E-state index in [-0.39, 0.29) is 0 Å². The maximum absolute atomic E-state index is 5.39. The molecular formula is C20H31N5O. The maximum Gasteiger partial charge on any atom is 0.225 e. The van der Waals surface area contributed by atoms with Gasteiger partial charge in [0.05, 0.1) is 13.2 Å². The van der Waals surface area contributed by atoms with Crippen LogP contribution in [0.15, 0.2) is 24.5 Å². The highest BCUT2D eigenvalue weighted by Gasteiger charge is 2.21. The molecule has 0 saturated carbocycles. The Kier molecular flexibility index (Phi) is 6.14. The first-order valence-corrected chi connectivity index (χ1v) is 10.1. The van der Waals surface area contributed by atoms with E-state index in [4.69, 9.17) is 4.74 Å². The van der Waals surface area contributed by atoms with Crippen molar-refractivity contribution >= 4 is 5.95 Å². The molecule has 26 heavy (non-hydrogen) atoms. The third-order valence-electron chi connectivity index (χ3n) is 5.75. The second-order valence-electron chi connectivity index (χ2n) is 7.72. The van der Waals surface area contributed by atoms with Gasteiger partial charge in [0.25, 0.3) is 0 Å². The van der Waals surface area contributed by atoms with Gasteiger partial charge < -0.3 is 14.5 Å². The minimum Gasteiger partial charge on any atom is -0.378 e. The Balaban J connectivity index is 1.22. The fourth-order valence-corrected chi connectivity index (χ4v) is 4.13. The maximum atomic E-state index is 5.39. The summed E-state index contributed by atoms with van der Waals surface area (Å²) in [6.45, 7) is 10.2.